The van der Waals surface area contributed by atoms with Crippen molar-refractivity contribution in [2.45, 2.75) is 37.8 Å². The first-order chi connectivity index (χ1) is 9.50. The smallest absolute Gasteiger partial charge is 0.322 e. The van der Waals surface area contributed by atoms with Gasteiger partial charge in [-0.2, -0.15) is 0 Å². The minimum absolute atomic E-state index is 0.0439. The molecule has 3 rings (SSSR count). The van der Waals surface area contributed by atoms with Crippen molar-refractivity contribution in [1.29, 1.82) is 0 Å². The van der Waals surface area contributed by atoms with Gasteiger partial charge in [0.15, 0.2) is 0 Å². The van der Waals surface area contributed by atoms with E-state index in [1.165, 1.54) is 0 Å². The van der Waals surface area contributed by atoms with Crippen LogP contribution in [0.4, 0.5) is 4.79 Å². The highest BCUT2D eigenvalue weighted by Gasteiger charge is 2.52. The van der Waals surface area contributed by atoms with Gasteiger partial charge >= 0.3 is 6.03 Å². The zero-order chi connectivity index (χ0) is 14.3. The second-order valence-electron chi connectivity index (χ2n) is 6.14. The Hall–Kier alpha value is -1.63. The highest BCUT2D eigenvalue weighted by Crippen LogP contribution is 2.26. The number of urea groups is 1. The lowest BCUT2D eigenvalue weighted by Crippen LogP contribution is -2.53. The molecule has 3 aliphatic heterocycles. The van der Waals surface area contributed by atoms with Crippen molar-refractivity contribution in [2.75, 3.05) is 19.6 Å². The third-order valence-electron chi connectivity index (χ3n) is 4.56. The number of piperidine rings is 1. The first-order valence-electron chi connectivity index (χ1n) is 7.16. The van der Waals surface area contributed by atoms with Gasteiger partial charge in [0.1, 0.15) is 5.54 Å². The third-order valence-corrected chi connectivity index (χ3v) is 4.56. The minimum Gasteiger partial charge on any atom is -0.338 e. The van der Waals surface area contributed by atoms with Crippen molar-refractivity contribution in [3.63, 3.8) is 0 Å². The van der Waals surface area contributed by atoms with Crippen LogP contribution in [-0.4, -0.2) is 54.0 Å². The molecule has 0 bridgehead atoms. The van der Waals surface area contributed by atoms with E-state index >= 15 is 0 Å². The molecule has 3 saturated heterocycles. The van der Waals surface area contributed by atoms with Crippen molar-refractivity contribution >= 4 is 17.8 Å². The summed E-state index contributed by atoms with van der Waals surface area (Å²) in [4.78, 5) is 37.3. The Labute approximate surface area is 117 Å². The number of nitrogens with zero attached hydrogens (tertiary/aromatic N) is 1. The molecule has 4 amide bonds. The molecule has 0 radical (unpaired) electrons. The maximum absolute atomic E-state index is 12.5. The molecule has 110 valence electrons. The van der Waals surface area contributed by atoms with E-state index in [1.54, 1.807) is 4.90 Å². The van der Waals surface area contributed by atoms with Crippen LogP contribution in [0.5, 0.6) is 0 Å². The molecule has 3 N–H and O–H groups in total. The number of nitrogens with one attached hydrogen (secondary N) is 3. The van der Waals surface area contributed by atoms with Crippen molar-refractivity contribution < 1.29 is 14.4 Å². The molecule has 1 spiro atoms. The first-order valence-corrected chi connectivity index (χ1v) is 7.16. The lowest BCUT2D eigenvalue weighted by molar-refractivity contribution is -0.133. The molecule has 20 heavy (non-hydrogen) atoms. The summed E-state index contributed by atoms with van der Waals surface area (Å²) in [7, 11) is 0. The van der Waals surface area contributed by atoms with Gasteiger partial charge < -0.3 is 15.5 Å². The summed E-state index contributed by atoms with van der Waals surface area (Å²) in [5, 5.41) is 8.16. The van der Waals surface area contributed by atoms with Crippen LogP contribution in [0.1, 0.15) is 26.2 Å². The van der Waals surface area contributed by atoms with Crippen molar-refractivity contribution in [3.05, 3.63) is 0 Å². The summed E-state index contributed by atoms with van der Waals surface area (Å²) >= 11 is 0. The number of rotatable bonds is 1. The van der Waals surface area contributed by atoms with Crippen LogP contribution >= 0.6 is 0 Å². The normalized spacial score (nSPS) is 37.1. The summed E-state index contributed by atoms with van der Waals surface area (Å²) in [6.45, 7) is 3.79. The quantitative estimate of drug-likeness (QED) is 0.548. The standard InChI is InChI=1S/C13H20N4O3/c1-8-2-4-14-9(6-8)10(18)17-5-3-13(7-17)11(19)15-12(20)16-13/h8-9,14H,2-7H2,1H3,(H2,15,16,19,20). The van der Waals surface area contributed by atoms with Crippen LogP contribution in [0.3, 0.4) is 0 Å². The van der Waals surface area contributed by atoms with E-state index in [9.17, 15) is 14.4 Å². The van der Waals surface area contributed by atoms with Crippen LogP contribution in [0, 0.1) is 5.92 Å². The summed E-state index contributed by atoms with van der Waals surface area (Å²) in [6.07, 6.45) is 2.41. The van der Waals surface area contributed by atoms with Crippen LogP contribution in [0.2, 0.25) is 0 Å². The summed E-state index contributed by atoms with van der Waals surface area (Å²) in [6, 6.07) is -0.622. The van der Waals surface area contributed by atoms with Crippen LogP contribution in [-0.2, 0) is 9.59 Å². The minimum atomic E-state index is -0.910. The van der Waals surface area contributed by atoms with Gasteiger partial charge in [0.05, 0.1) is 12.6 Å². The predicted molar refractivity (Wildman–Crippen MR) is 70.8 cm³/mol. The summed E-state index contributed by atoms with van der Waals surface area (Å²) in [5.74, 6) is 0.265. The van der Waals surface area contributed by atoms with Gasteiger partial charge in [0.25, 0.3) is 5.91 Å². The zero-order valence-electron chi connectivity index (χ0n) is 11.6. The summed E-state index contributed by atoms with van der Waals surface area (Å²) in [5.41, 5.74) is -0.910. The highest BCUT2D eigenvalue weighted by atomic mass is 16.2. The van der Waals surface area contributed by atoms with Gasteiger partial charge in [-0.3, -0.25) is 14.9 Å². The number of carbonyl (C=O) groups is 3. The van der Waals surface area contributed by atoms with E-state index in [0.29, 0.717) is 18.9 Å². The van der Waals surface area contributed by atoms with Gasteiger partial charge in [-0.05, 0) is 31.7 Å². The molecule has 7 heteroatoms. The van der Waals surface area contributed by atoms with Crippen molar-refractivity contribution in [1.82, 2.24) is 20.9 Å². The SMILES string of the molecule is CC1CCNC(C(=O)N2CCC3(C2)NC(=O)NC3=O)C1. The van der Waals surface area contributed by atoms with Gasteiger partial charge in [0.2, 0.25) is 5.91 Å². The molecule has 0 aliphatic carbocycles. The van der Waals surface area contributed by atoms with Crippen molar-refractivity contribution in [2.24, 2.45) is 5.92 Å². The molecule has 0 aromatic carbocycles. The van der Waals surface area contributed by atoms with Crippen LogP contribution in [0.25, 0.3) is 0 Å². The molecular weight excluding hydrogens is 260 g/mol. The molecule has 3 atom stereocenters. The number of carbonyl (C=O) groups excluding carboxylic acids is 3. The molecular formula is C13H20N4O3. The zero-order valence-corrected chi connectivity index (χ0v) is 11.6. The average Bonchev–Trinajstić information content (AvgIpc) is 2.94. The van der Waals surface area contributed by atoms with E-state index in [2.05, 4.69) is 22.9 Å². The molecule has 0 saturated carbocycles. The van der Waals surface area contributed by atoms with Crippen LogP contribution < -0.4 is 16.0 Å². The Kier molecular flexibility index (Phi) is 3.16. The summed E-state index contributed by atoms with van der Waals surface area (Å²) < 4.78 is 0. The largest absolute Gasteiger partial charge is 0.338 e. The number of amides is 4. The first kappa shape index (κ1) is 13.4. The third kappa shape index (κ3) is 2.15. The Morgan fingerprint density at radius 3 is 2.85 bits per heavy atom. The monoisotopic (exact) mass is 280 g/mol. The predicted octanol–water partition coefficient (Wildman–Crippen LogP) is -0.815. The van der Waals surface area contributed by atoms with E-state index in [0.717, 1.165) is 19.4 Å². The molecule has 3 unspecified atom stereocenters. The molecule has 0 aromatic heterocycles. The average molecular weight is 280 g/mol. The van der Waals surface area contributed by atoms with Gasteiger partial charge in [-0.15, -0.1) is 0 Å². The van der Waals surface area contributed by atoms with Gasteiger partial charge in [-0.1, -0.05) is 6.92 Å². The fraction of sp³-hybridized carbons (Fsp3) is 0.769. The lowest BCUT2D eigenvalue weighted by Gasteiger charge is -2.31. The Bertz CT molecular complexity index is 467. The fourth-order valence-electron chi connectivity index (χ4n) is 3.33. The van der Waals surface area contributed by atoms with E-state index in [-0.39, 0.29) is 24.4 Å². The van der Waals surface area contributed by atoms with E-state index in [1.807, 2.05) is 0 Å². The van der Waals surface area contributed by atoms with Crippen molar-refractivity contribution in [3.8, 4) is 0 Å². The Balaban J connectivity index is 1.66. The molecule has 0 aromatic rings. The highest BCUT2D eigenvalue weighted by molar-refractivity contribution is 6.07. The number of hydrogen-bond acceptors (Lipinski definition) is 4. The van der Waals surface area contributed by atoms with Crippen LogP contribution in [0.15, 0.2) is 0 Å². The second-order valence-corrected chi connectivity index (χ2v) is 6.14. The Morgan fingerprint density at radius 2 is 2.20 bits per heavy atom. The lowest BCUT2D eigenvalue weighted by atomic mass is 9.93. The molecule has 3 heterocycles. The van der Waals surface area contributed by atoms with Gasteiger partial charge in [-0.25, -0.2) is 4.79 Å². The number of imide groups is 1. The number of likely N-dealkylation sites (tertiary alicyclic amines) is 1. The maximum atomic E-state index is 12.5. The second kappa shape index (κ2) is 4.73. The maximum Gasteiger partial charge on any atom is 0.322 e. The van der Waals surface area contributed by atoms with E-state index in [4.69, 9.17) is 0 Å². The van der Waals surface area contributed by atoms with Gasteiger partial charge in [0, 0.05) is 6.54 Å². The topological polar surface area (TPSA) is 90.5 Å². The number of hydrogen-bond donors (Lipinski definition) is 3. The van der Waals surface area contributed by atoms with E-state index < -0.39 is 11.6 Å². The Morgan fingerprint density at radius 1 is 1.40 bits per heavy atom. The molecule has 3 aliphatic rings. The fourth-order valence-corrected chi connectivity index (χ4v) is 3.33. The molecule has 3 fully saturated rings. The molecule has 7 nitrogen and oxygen atoms in total.